The van der Waals surface area contributed by atoms with Crippen LogP contribution in [0.25, 0.3) is 0 Å². The third kappa shape index (κ3) is 4.74. The largest absolute Gasteiger partial charge is 0.394 e. The van der Waals surface area contributed by atoms with Crippen molar-refractivity contribution in [2.75, 3.05) is 33.3 Å². The molecule has 2 N–H and O–H groups in total. The molecule has 0 saturated carbocycles. The molecule has 0 aliphatic carbocycles. The first-order valence-electron chi connectivity index (χ1n) is 5.77. The summed E-state index contributed by atoms with van der Waals surface area (Å²) >= 11 is 0. The first kappa shape index (κ1) is 13.2. The Morgan fingerprint density at radius 1 is 1.56 bits per heavy atom. The maximum atomic E-state index is 8.75. The lowest BCUT2D eigenvalue weighted by Crippen LogP contribution is -2.28. The van der Waals surface area contributed by atoms with Gasteiger partial charge in [-0.25, -0.2) is 0 Å². The van der Waals surface area contributed by atoms with Gasteiger partial charge in [0.1, 0.15) is 0 Å². The van der Waals surface area contributed by atoms with Gasteiger partial charge in [0, 0.05) is 31.4 Å². The number of hydrogen-bond acceptors (Lipinski definition) is 4. The first-order valence-corrected chi connectivity index (χ1v) is 5.77. The Balaban J connectivity index is 2.16. The van der Waals surface area contributed by atoms with E-state index in [1.54, 1.807) is 4.68 Å². The van der Waals surface area contributed by atoms with Crippen molar-refractivity contribution in [2.24, 2.45) is 0 Å². The van der Waals surface area contributed by atoms with Gasteiger partial charge in [0.2, 0.25) is 0 Å². The second-order valence-electron chi connectivity index (χ2n) is 3.91. The van der Waals surface area contributed by atoms with Crippen LogP contribution in [0.1, 0.15) is 12.5 Å². The van der Waals surface area contributed by atoms with Gasteiger partial charge in [0.25, 0.3) is 0 Å². The minimum atomic E-state index is 0.135. The van der Waals surface area contributed by atoms with Crippen molar-refractivity contribution in [3.63, 3.8) is 0 Å². The summed E-state index contributed by atoms with van der Waals surface area (Å²) in [5.41, 5.74) is 1.16. The summed E-state index contributed by atoms with van der Waals surface area (Å²) in [5.74, 6) is 0. The molecule has 0 atom stereocenters. The molecule has 0 aliphatic heterocycles. The smallest absolute Gasteiger partial charge is 0.0640 e. The van der Waals surface area contributed by atoms with Crippen molar-refractivity contribution in [1.82, 2.24) is 20.0 Å². The molecule has 0 aliphatic rings. The lowest BCUT2D eigenvalue weighted by molar-refractivity contribution is 0.269. The van der Waals surface area contributed by atoms with E-state index in [1.807, 2.05) is 12.4 Å². The molecule has 92 valence electrons. The predicted molar refractivity (Wildman–Crippen MR) is 64.2 cm³/mol. The number of aromatic nitrogens is 2. The zero-order chi connectivity index (χ0) is 11.8. The van der Waals surface area contributed by atoms with Crippen molar-refractivity contribution in [3.8, 4) is 0 Å². The number of rotatable bonds is 8. The number of hydrogen-bond donors (Lipinski definition) is 2. The monoisotopic (exact) mass is 226 g/mol. The highest BCUT2D eigenvalue weighted by Gasteiger charge is 1.98. The lowest BCUT2D eigenvalue weighted by atomic mass is 10.3. The molecule has 16 heavy (non-hydrogen) atoms. The third-order valence-corrected chi connectivity index (χ3v) is 2.56. The zero-order valence-corrected chi connectivity index (χ0v) is 10.2. The SMILES string of the molecule is CCN(C)CCNCc1cnn(CCO)c1. The fraction of sp³-hybridized carbons (Fsp3) is 0.727. The molecule has 0 spiro atoms. The van der Waals surface area contributed by atoms with Gasteiger partial charge in [-0.1, -0.05) is 6.92 Å². The van der Waals surface area contributed by atoms with Crippen LogP contribution in [0, 0.1) is 0 Å². The van der Waals surface area contributed by atoms with Crippen molar-refractivity contribution in [2.45, 2.75) is 20.0 Å². The molecule has 1 heterocycles. The molecule has 5 heteroatoms. The molecule has 0 radical (unpaired) electrons. The van der Waals surface area contributed by atoms with Crippen LogP contribution in [0.5, 0.6) is 0 Å². The van der Waals surface area contributed by atoms with Gasteiger partial charge >= 0.3 is 0 Å². The van der Waals surface area contributed by atoms with Crippen molar-refractivity contribution >= 4 is 0 Å². The molecular weight excluding hydrogens is 204 g/mol. The Hall–Kier alpha value is -0.910. The summed E-state index contributed by atoms with van der Waals surface area (Å²) in [6, 6.07) is 0. The van der Waals surface area contributed by atoms with Gasteiger partial charge in [-0.2, -0.15) is 5.10 Å². The number of nitrogens with one attached hydrogen (secondary N) is 1. The van der Waals surface area contributed by atoms with Gasteiger partial charge in [-0.15, -0.1) is 0 Å². The van der Waals surface area contributed by atoms with Crippen LogP contribution in [0.4, 0.5) is 0 Å². The van der Waals surface area contributed by atoms with E-state index in [-0.39, 0.29) is 6.61 Å². The fourth-order valence-corrected chi connectivity index (χ4v) is 1.38. The topological polar surface area (TPSA) is 53.3 Å². The molecule has 1 aromatic heterocycles. The van der Waals surface area contributed by atoms with Crippen LogP contribution < -0.4 is 5.32 Å². The van der Waals surface area contributed by atoms with E-state index in [4.69, 9.17) is 5.11 Å². The predicted octanol–water partition coefficient (Wildman–Crippen LogP) is -0.0833. The number of likely N-dealkylation sites (N-methyl/N-ethyl adjacent to an activating group) is 1. The summed E-state index contributed by atoms with van der Waals surface area (Å²) in [6.07, 6.45) is 3.80. The molecular formula is C11H22N4O. The Labute approximate surface area is 97.1 Å². The van der Waals surface area contributed by atoms with Crippen LogP contribution in [0.3, 0.4) is 0 Å². The van der Waals surface area contributed by atoms with Crippen LogP contribution in [0.15, 0.2) is 12.4 Å². The van der Waals surface area contributed by atoms with Crippen LogP contribution in [0.2, 0.25) is 0 Å². The molecule has 0 fully saturated rings. The van der Waals surface area contributed by atoms with E-state index in [1.165, 1.54) is 0 Å². The Morgan fingerprint density at radius 2 is 2.38 bits per heavy atom. The van der Waals surface area contributed by atoms with E-state index >= 15 is 0 Å². The van der Waals surface area contributed by atoms with Gasteiger partial charge in [-0.05, 0) is 13.6 Å². The Morgan fingerprint density at radius 3 is 3.06 bits per heavy atom. The number of nitrogens with zero attached hydrogens (tertiary/aromatic N) is 3. The second-order valence-corrected chi connectivity index (χ2v) is 3.91. The fourth-order valence-electron chi connectivity index (χ4n) is 1.38. The first-order chi connectivity index (χ1) is 7.76. The third-order valence-electron chi connectivity index (χ3n) is 2.56. The summed E-state index contributed by atoms with van der Waals surface area (Å²) in [6.45, 7) is 6.81. The van der Waals surface area contributed by atoms with Gasteiger partial charge in [-0.3, -0.25) is 4.68 Å². The van der Waals surface area contributed by atoms with Crippen LogP contribution in [-0.2, 0) is 13.1 Å². The van der Waals surface area contributed by atoms with Crippen LogP contribution in [-0.4, -0.2) is 53.1 Å². The molecule has 0 unspecified atom stereocenters. The maximum absolute atomic E-state index is 8.75. The van der Waals surface area contributed by atoms with E-state index in [9.17, 15) is 0 Å². The average molecular weight is 226 g/mol. The summed E-state index contributed by atoms with van der Waals surface area (Å²) in [4.78, 5) is 2.27. The van der Waals surface area contributed by atoms with Gasteiger partial charge in [0.05, 0.1) is 19.3 Å². The quantitative estimate of drug-likeness (QED) is 0.609. The van der Waals surface area contributed by atoms with Gasteiger partial charge in [0.15, 0.2) is 0 Å². The molecule has 0 bridgehead atoms. The Bertz CT molecular complexity index is 287. The summed E-state index contributed by atoms with van der Waals surface area (Å²) < 4.78 is 1.76. The highest BCUT2D eigenvalue weighted by atomic mass is 16.3. The molecule has 0 aromatic carbocycles. The number of aliphatic hydroxyl groups is 1. The lowest BCUT2D eigenvalue weighted by Gasteiger charge is -2.13. The minimum absolute atomic E-state index is 0.135. The minimum Gasteiger partial charge on any atom is -0.394 e. The zero-order valence-electron chi connectivity index (χ0n) is 10.2. The van der Waals surface area contributed by atoms with Crippen LogP contribution >= 0.6 is 0 Å². The van der Waals surface area contributed by atoms with Gasteiger partial charge < -0.3 is 15.3 Å². The van der Waals surface area contributed by atoms with Crippen molar-refractivity contribution in [1.29, 1.82) is 0 Å². The van der Waals surface area contributed by atoms with Crippen molar-refractivity contribution < 1.29 is 5.11 Å². The summed E-state index contributed by atoms with van der Waals surface area (Å²) in [7, 11) is 2.11. The van der Waals surface area contributed by atoms with E-state index in [0.29, 0.717) is 6.54 Å². The number of aliphatic hydroxyl groups excluding tert-OH is 1. The van der Waals surface area contributed by atoms with Crippen molar-refractivity contribution in [3.05, 3.63) is 18.0 Å². The molecule has 0 amide bonds. The highest BCUT2D eigenvalue weighted by molar-refractivity contribution is 5.03. The highest BCUT2D eigenvalue weighted by Crippen LogP contribution is 1.96. The normalized spacial score (nSPS) is 11.2. The molecule has 1 aromatic rings. The second kappa shape index (κ2) is 7.38. The van der Waals surface area contributed by atoms with E-state index in [0.717, 1.165) is 31.7 Å². The molecule has 5 nitrogen and oxygen atoms in total. The molecule has 0 saturated heterocycles. The average Bonchev–Trinajstić information content (AvgIpc) is 2.72. The Kier molecular flexibility index (Phi) is 6.07. The summed E-state index contributed by atoms with van der Waals surface area (Å²) in [5, 5.41) is 16.3. The maximum Gasteiger partial charge on any atom is 0.0640 e. The standard InChI is InChI=1S/C11H22N4O/c1-3-14(2)5-4-12-8-11-9-13-15(10-11)6-7-16/h9-10,12,16H,3-8H2,1-2H3. The van der Waals surface area contributed by atoms with E-state index in [2.05, 4.69) is 29.3 Å². The van der Waals surface area contributed by atoms with E-state index < -0.39 is 0 Å². The molecule has 1 rings (SSSR count).